The SMILES string of the molecule is C1=CC2Nc3ncc4ccccc4c3C2C=C1. The fraction of sp³-hybridized carbons (Fsp3) is 0.133. The molecule has 1 aliphatic carbocycles. The molecule has 0 amide bonds. The molecule has 2 unspecified atom stereocenters. The van der Waals surface area contributed by atoms with E-state index in [1.165, 1.54) is 16.3 Å². The first kappa shape index (κ1) is 8.99. The average molecular weight is 220 g/mol. The van der Waals surface area contributed by atoms with Gasteiger partial charge in [-0.2, -0.15) is 0 Å². The Labute approximate surface area is 99.7 Å². The van der Waals surface area contributed by atoms with Crippen molar-refractivity contribution in [2.75, 3.05) is 5.32 Å². The van der Waals surface area contributed by atoms with E-state index in [4.69, 9.17) is 0 Å². The number of anilines is 1. The van der Waals surface area contributed by atoms with E-state index in [0.717, 1.165) is 5.82 Å². The Hall–Kier alpha value is -2.09. The van der Waals surface area contributed by atoms with Gasteiger partial charge in [0.2, 0.25) is 0 Å². The third kappa shape index (κ3) is 1.18. The van der Waals surface area contributed by atoms with E-state index in [9.17, 15) is 0 Å². The molecule has 2 heteroatoms. The molecule has 2 atom stereocenters. The number of nitrogens with one attached hydrogen (secondary N) is 1. The first-order valence-electron chi connectivity index (χ1n) is 5.93. The molecule has 1 aromatic heterocycles. The number of nitrogens with zero attached hydrogens (tertiary/aromatic N) is 1. The zero-order valence-corrected chi connectivity index (χ0v) is 9.30. The molecular weight excluding hydrogens is 208 g/mol. The second-order valence-corrected chi connectivity index (χ2v) is 4.57. The van der Waals surface area contributed by atoms with Gasteiger partial charge in [-0.25, -0.2) is 4.98 Å². The first-order valence-corrected chi connectivity index (χ1v) is 5.93. The largest absolute Gasteiger partial charge is 0.363 e. The molecule has 0 fully saturated rings. The molecule has 2 nitrogen and oxygen atoms in total. The molecule has 1 aliphatic heterocycles. The Morgan fingerprint density at radius 2 is 1.94 bits per heavy atom. The van der Waals surface area contributed by atoms with Crippen molar-refractivity contribution in [1.29, 1.82) is 0 Å². The summed E-state index contributed by atoms with van der Waals surface area (Å²) in [5.74, 6) is 1.46. The monoisotopic (exact) mass is 220 g/mol. The highest BCUT2D eigenvalue weighted by molar-refractivity contribution is 5.90. The van der Waals surface area contributed by atoms with Gasteiger partial charge < -0.3 is 5.32 Å². The van der Waals surface area contributed by atoms with Gasteiger partial charge in [0.05, 0.1) is 6.04 Å². The maximum Gasteiger partial charge on any atom is 0.130 e. The lowest BCUT2D eigenvalue weighted by Gasteiger charge is -2.15. The van der Waals surface area contributed by atoms with E-state index < -0.39 is 0 Å². The van der Waals surface area contributed by atoms with Crippen molar-refractivity contribution in [2.24, 2.45) is 0 Å². The third-order valence-corrected chi connectivity index (χ3v) is 3.61. The molecule has 2 aromatic rings. The minimum absolute atomic E-state index is 0.369. The standard InChI is InChI=1S/C15H12N2/c1-2-6-11-10(5-1)9-16-15-14(11)12-7-3-4-8-13(12)17-15/h1-9,12-13H,(H,16,17). The number of hydrogen-bond donors (Lipinski definition) is 1. The zero-order valence-electron chi connectivity index (χ0n) is 9.30. The lowest BCUT2D eigenvalue weighted by Crippen LogP contribution is -2.17. The average Bonchev–Trinajstić information content (AvgIpc) is 2.77. The highest BCUT2D eigenvalue weighted by Crippen LogP contribution is 2.41. The Morgan fingerprint density at radius 3 is 2.94 bits per heavy atom. The summed E-state index contributed by atoms with van der Waals surface area (Å²) in [6.07, 6.45) is 10.6. The summed E-state index contributed by atoms with van der Waals surface area (Å²) >= 11 is 0. The summed E-state index contributed by atoms with van der Waals surface area (Å²) in [5, 5.41) is 6.02. The lowest BCUT2D eigenvalue weighted by molar-refractivity contribution is 0.809. The molecule has 0 saturated heterocycles. The van der Waals surface area contributed by atoms with E-state index in [1.54, 1.807) is 0 Å². The van der Waals surface area contributed by atoms with Crippen LogP contribution in [0.5, 0.6) is 0 Å². The molecule has 0 radical (unpaired) electrons. The number of rotatable bonds is 0. The fourth-order valence-electron chi connectivity index (χ4n) is 2.82. The van der Waals surface area contributed by atoms with Gasteiger partial charge in [-0.15, -0.1) is 0 Å². The minimum atomic E-state index is 0.369. The second-order valence-electron chi connectivity index (χ2n) is 4.57. The van der Waals surface area contributed by atoms with Crippen LogP contribution in [0.3, 0.4) is 0 Å². The smallest absolute Gasteiger partial charge is 0.130 e. The van der Waals surface area contributed by atoms with Crippen molar-refractivity contribution in [1.82, 2.24) is 4.98 Å². The van der Waals surface area contributed by atoms with Gasteiger partial charge in [0.15, 0.2) is 0 Å². The molecule has 0 saturated carbocycles. The van der Waals surface area contributed by atoms with Crippen molar-refractivity contribution in [2.45, 2.75) is 12.0 Å². The van der Waals surface area contributed by atoms with Crippen molar-refractivity contribution in [3.8, 4) is 0 Å². The molecule has 17 heavy (non-hydrogen) atoms. The number of aromatic nitrogens is 1. The van der Waals surface area contributed by atoms with Crippen LogP contribution < -0.4 is 5.32 Å². The Balaban J connectivity index is 2.03. The number of fused-ring (bicyclic) bond motifs is 5. The summed E-state index contributed by atoms with van der Waals surface area (Å²) in [4.78, 5) is 4.53. The first-order chi connectivity index (χ1) is 8.43. The van der Waals surface area contributed by atoms with Gasteiger partial charge in [-0.05, 0) is 5.39 Å². The summed E-state index contributed by atoms with van der Waals surface area (Å²) in [5.41, 5.74) is 1.34. The van der Waals surface area contributed by atoms with Gasteiger partial charge in [-0.3, -0.25) is 0 Å². The second kappa shape index (κ2) is 3.20. The normalized spacial score (nSPS) is 24.5. The molecule has 2 heterocycles. The van der Waals surface area contributed by atoms with E-state index in [0.29, 0.717) is 12.0 Å². The van der Waals surface area contributed by atoms with Crippen molar-refractivity contribution in [3.05, 3.63) is 60.3 Å². The van der Waals surface area contributed by atoms with Crippen LogP contribution in [0, 0.1) is 0 Å². The van der Waals surface area contributed by atoms with E-state index >= 15 is 0 Å². The van der Waals surface area contributed by atoms with Crippen LogP contribution in [0.4, 0.5) is 5.82 Å². The fourth-order valence-corrected chi connectivity index (χ4v) is 2.82. The third-order valence-electron chi connectivity index (χ3n) is 3.61. The maximum absolute atomic E-state index is 4.53. The van der Waals surface area contributed by atoms with Crippen molar-refractivity contribution >= 4 is 16.6 Å². The van der Waals surface area contributed by atoms with Gasteiger partial charge >= 0.3 is 0 Å². The van der Waals surface area contributed by atoms with Crippen LogP contribution in [-0.2, 0) is 0 Å². The summed E-state index contributed by atoms with van der Waals surface area (Å²) in [6, 6.07) is 8.84. The molecule has 2 aliphatic rings. The molecular formula is C15H12N2. The van der Waals surface area contributed by atoms with Gasteiger partial charge in [0.25, 0.3) is 0 Å². The van der Waals surface area contributed by atoms with Crippen LogP contribution in [-0.4, -0.2) is 11.0 Å². The highest BCUT2D eigenvalue weighted by atomic mass is 15.0. The quantitative estimate of drug-likeness (QED) is 0.737. The number of benzene rings is 1. The topological polar surface area (TPSA) is 24.9 Å². The van der Waals surface area contributed by atoms with Crippen LogP contribution in [0.25, 0.3) is 10.8 Å². The summed E-state index contributed by atoms with van der Waals surface area (Å²) in [6.45, 7) is 0. The summed E-state index contributed by atoms with van der Waals surface area (Å²) in [7, 11) is 0. The van der Waals surface area contributed by atoms with Crippen LogP contribution in [0.15, 0.2) is 54.8 Å². The van der Waals surface area contributed by atoms with Crippen molar-refractivity contribution in [3.63, 3.8) is 0 Å². The maximum atomic E-state index is 4.53. The number of hydrogen-bond acceptors (Lipinski definition) is 2. The van der Waals surface area contributed by atoms with Crippen molar-refractivity contribution < 1.29 is 0 Å². The van der Waals surface area contributed by atoms with Crippen LogP contribution >= 0.6 is 0 Å². The molecule has 1 N–H and O–H groups in total. The van der Waals surface area contributed by atoms with E-state index in [-0.39, 0.29) is 0 Å². The van der Waals surface area contributed by atoms with Gasteiger partial charge in [-0.1, -0.05) is 48.6 Å². The number of allylic oxidation sites excluding steroid dienone is 2. The molecule has 82 valence electrons. The minimum Gasteiger partial charge on any atom is -0.363 e. The predicted octanol–water partition coefficient (Wildman–Crippen LogP) is 3.24. The predicted molar refractivity (Wildman–Crippen MR) is 70.2 cm³/mol. The van der Waals surface area contributed by atoms with Gasteiger partial charge in [0.1, 0.15) is 5.82 Å². The van der Waals surface area contributed by atoms with E-state index in [1.807, 2.05) is 6.20 Å². The molecule has 0 spiro atoms. The Bertz CT molecular complexity index is 655. The van der Waals surface area contributed by atoms with Crippen LogP contribution in [0.2, 0.25) is 0 Å². The molecule has 1 aromatic carbocycles. The Morgan fingerprint density at radius 1 is 1.06 bits per heavy atom. The summed E-state index contributed by atoms with van der Waals surface area (Å²) < 4.78 is 0. The van der Waals surface area contributed by atoms with Crippen LogP contribution in [0.1, 0.15) is 11.5 Å². The van der Waals surface area contributed by atoms with E-state index in [2.05, 4.69) is 58.9 Å². The highest BCUT2D eigenvalue weighted by Gasteiger charge is 2.31. The number of pyridine rings is 1. The lowest BCUT2D eigenvalue weighted by atomic mass is 9.89. The van der Waals surface area contributed by atoms with Gasteiger partial charge in [0, 0.05) is 23.1 Å². The zero-order chi connectivity index (χ0) is 11.2. The molecule has 0 bridgehead atoms. The molecule has 4 rings (SSSR count). The Kier molecular flexibility index (Phi) is 1.69.